The van der Waals surface area contributed by atoms with Crippen LogP contribution >= 0.6 is 11.8 Å². The molecule has 1 fully saturated rings. The molecule has 0 bridgehead atoms. The van der Waals surface area contributed by atoms with E-state index < -0.39 is 0 Å². The summed E-state index contributed by atoms with van der Waals surface area (Å²) in [5, 5.41) is 0.0978. The van der Waals surface area contributed by atoms with E-state index in [0.717, 1.165) is 17.7 Å². The quantitative estimate of drug-likeness (QED) is 0.847. The Morgan fingerprint density at radius 3 is 2.86 bits per heavy atom. The van der Waals surface area contributed by atoms with Crippen molar-refractivity contribution in [2.45, 2.75) is 11.7 Å². The average Bonchev–Trinajstić information content (AvgIpc) is 2.92. The lowest BCUT2D eigenvalue weighted by atomic mass is 10.1. The minimum atomic E-state index is -0.166. The molecule has 3 nitrogen and oxygen atoms in total. The van der Waals surface area contributed by atoms with Crippen LogP contribution in [0.3, 0.4) is 0 Å². The lowest BCUT2D eigenvalue weighted by molar-refractivity contribution is 0.0734. The van der Waals surface area contributed by atoms with Gasteiger partial charge in [-0.3, -0.25) is 4.79 Å². The summed E-state index contributed by atoms with van der Waals surface area (Å²) in [5.41, 5.74) is 0.731. The highest BCUT2D eigenvalue weighted by atomic mass is 32.2. The van der Waals surface area contributed by atoms with Crippen molar-refractivity contribution in [1.82, 2.24) is 4.90 Å². The van der Waals surface area contributed by atoms with Crippen molar-refractivity contribution < 1.29 is 13.6 Å². The van der Waals surface area contributed by atoms with Crippen molar-refractivity contribution in [1.29, 1.82) is 0 Å². The molecule has 21 heavy (non-hydrogen) atoms. The largest absolute Gasteiger partial charge is 0.459 e. The van der Waals surface area contributed by atoms with Gasteiger partial charge in [-0.25, -0.2) is 4.39 Å². The van der Waals surface area contributed by atoms with E-state index in [0.29, 0.717) is 18.8 Å². The summed E-state index contributed by atoms with van der Waals surface area (Å²) in [7, 11) is 0. The molecule has 2 heterocycles. The maximum atomic E-state index is 13.9. The number of hydrogen-bond acceptors (Lipinski definition) is 3. The summed E-state index contributed by atoms with van der Waals surface area (Å²) in [6.07, 6.45) is 2.25. The lowest BCUT2D eigenvalue weighted by Gasteiger charge is -2.19. The van der Waals surface area contributed by atoms with E-state index in [1.54, 1.807) is 34.9 Å². The first-order valence-corrected chi connectivity index (χ1v) is 7.99. The third-order valence-corrected chi connectivity index (χ3v) is 4.92. The Hall–Kier alpha value is -1.75. The Bertz CT molecular complexity index is 614. The first-order valence-electron chi connectivity index (χ1n) is 6.94. The monoisotopic (exact) mass is 305 g/mol. The molecule has 5 heteroatoms. The van der Waals surface area contributed by atoms with Crippen LogP contribution in [0, 0.1) is 5.82 Å². The number of thioether (sulfide) groups is 1. The van der Waals surface area contributed by atoms with Crippen LogP contribution in [0.5, 0.6) is 0 Å². The number of benzene rings is 1. The molecule has 1 saturated heterocycles. The molecule has 1 aliphatic rings. The first kappa shape index (κ1) is 14.2. The molecule has 3 rings (SSSR count). The van der Waals surface area contributed by atoms with E-state index in [2.05, 4.69) is 0 Å². The van der Waals surface area contributed by atoms with Crippen LogP contribution in [0.4, 0.5) is 4.39 Å². The summed E-state index contributed by atoms with van der Waals surface area (Å²) in [4.78, 5) is 14.1. The summed E-state index contributed by atoms with van der Waals surface area (Å²) >= 11 is 1.71. The number of halogens is 1. The maximum absolute atomic E-state index is 13.9. The predicted octanol–water partition coefficient (Wildman–Crippen LogP) is 3.74. The Balaban J connectivity index is 1.70. The highest BCUT2D eigenvalue weighted by molar-refractivity contribution is 7.99. The van der Waals surface area contributed by atoms with Crippen LogP contribution in [0.25, 0.3) is 0 Å². The second kappa shape index (κ2) is 6.35. The molecule has 110 valence electrons. The molecule has 1 amide bonds. The number of carbonyl (C=O) groups is 1. The second-order valence-corrected chi connectivity index (χ2v) is 6.25. The van der Waals surface area contributed by atoms with Crippen LogP contribution in [0.2, 0.25) is 0 Å². The van der Waals surface area contributed by atoms with Gasteiger partial charge < -0.3 is 9.32 Å². The number of amides is 1. The summed E-state index contributed by atoms with van der Waals surface area (Å²) in [5.74, 6) is 0.908. The highest BCUT2D eigenvalue weighted by Gasteiger charge is 2.25. The molecular weight excluding hydrogens is 289 g/mol. The second-order valence-electron chi connectivity index (χ2n) is 4.94. The Labute approximate surface area is 127 Å². The zero-order valence-electron chi connectivity index (χ0n) is 11.5. The van der Waals surface area contributed by atoms with Gasteiger partial charge in [-0.2, -0.15) is 11.8 Å². The molecule has 0 saturated carbocycles. The molecule has 0 aliphatic carbocycles. The van der Waals surface area contributed by atoms with E-state index in [1.807, 2.05) is 12.1 Å². The molecule has 0 N–H and O–H groups in total. The van der Waals surface area contributed by atoms with Gasteiger partial charge in [0.2, 0.25) is 0 Å². The topological polar surface area (TPSA) is 33.5 Å². The SMILES string of the molecule is O=C(c1ccco1)N1CCSC(c2ccccc2F)CC1. The number of furan rings is 1. The van der Waals surface area contributed by atoms with Crippen molar-refractivity contribution in [2.75, 3.05) is 18.8 Å². The Kier molecular flexibility index (Phi) is 4.29. The van der Waals surface area contributed by atoms with E-state index in [1.165, 1.54) is 12.3 Å². The first-order chi connectivity index (χ1) is 10.3. The fourth-order valence-corrected chi connectivity index (χ4v) is 3.77. The van der Waals surface area contributed by atoms with Gasteiger partial charge in [0.25, 0.3) is 5.91 Å². The van der Waals surface area contributed by atoms with E-state index >= 15 is 0 Å². The van der Waals surface area contributed by atoms with Gasteiger partial charge in [-0.05, 0) is 24.6 Å². The van der Waals surface area contributed by atoms with Gasteiger partial charge in [-0.15, -0.1) is 0 Å². The van der Waals surface area contributed by atoms with Crippen LogP contribution in [-0.4, -0.2) is 29.6 Å². The van der Waals surface area contributed by atoms with Gasteiger partial charge in [0.05, 0.1) is 6.26 Å². The van der Waals surface area contributed by atoms with Gasteiger partial charge in [-0.1, -0.05) is 18.2 Å². The zero-order valence-corrected chi connectivity index (χ0v) is 12.3. The average molecular weight is 305 g/mol. The molecule has 1 unspecified atom stereocenters. The molecule has 1 aliphatic heterocycles. The van der Waals surface area contributed by atoms with Crippen LogP contribution < -0.4 is 0 Å². The predicted molar refractivity (Wildman–Crippen MR) is 80.8 cm³/mol. The van der Waals surface area contributed by atoms with Crippen molar-refractivity contribution in [3.05, 3.63) is 59.8 Å². The standard InChI is InChI=1S/C16H16FNO2S/c17-13-5-2-1-4-12(13)15-7-8-18(9-11-21-15)16(19)14-6-3-10-20-14/h1-6,10,15H,7-9,11H2. The molecule has 0 radical (unpaired) electrons. The molecule has 2 aromatic rings. The molecule has 1 aromatic heterocycles. The Morgan fingerprint density at radius 1 is 1.24 bits per heavy atom. The minimum absolute atomic E-state index is 0.0882. The highest BCUT2D eigenvalue weighted by Crippen LogP contribution is 2.35. The van der Waals surface area contributed by atoms with Crippen molar-refractivity contribution in [2.24, 2.45) is 0 Å². The number of nitrogens with zero attached hydrogens (tertiary/aromatic N) is 1. The van der Waals surface area contributed by atoms with Crippen LogP contribution in [0.1, 0.15) is 27.8 Å². The summed E-state index contributed by atoms with van der Waals surface area (Å²) in [6.45, 7) is 1.28. The minimum Gasteiger partial charge on any atom is -0.459 e. The van der Waals surface area contributed by atoms with Gasteiger partial charge in [0.1, 0.15) is 5.82 Å². The van der Waals surface area contributed by atoms with Crippen LogP contribution in [-0.2, 0) is 0 Å². The van der Waals surface area contributed by atoms with E-state index in [-0.39, 0.29) is 17.0 Å². The number of hydrogen-bond donors (Lipinski definition) is 0. The zero-order chi connectivity index (χ0) is 14.7. The Morgan fingerprint density at radius 2 is 2.10 bits per heavy atom. The lowest BCUT2D eigenvalue weighted by Crippen LogP contribution is -2.32. The van der Waals surface area contributed by atoms with Crippen molar-refractivity contribution >= 4 is 17.7 Å². The normalized spacial score (nSPS) is 19.3. The van der Waals surface area contributed by atoms with Gasteiger partial charge in [0, 0.05) is 29.7 Å². The summed E-state index contributed by atoms with van der Waals surface area (Å²) < 4.78 is 19.0. The third-order valence-electron chi connectivity index (χ3n) is 3.61. The van der Waals surface area contributed by atoms with Crippen LogP contribution in [0.15, 0.2) is 47.1 Å². The van der Waals surface area contributed by atoms with Gasteiger partial charge in [0.15, 0.2) is 5.76 Å². The summed E-state index contributed by atoms with van der Waals surface area (Å²) in [6, 6.07) is 10.3. The molecular formula is C16H16FNO2S. The molecule has 0 spiro atoms. The van der Waals surface area contributed by atoms with E-state index in [9.17, 15) is 9.18 Å². The smallest absolute Gasteiger partial charge is 0.289 e. The van der Waals surface area contributed by atoms with E-state index in [4.69, 9.17) is 4.42 Å². The molecule has 1 aromatic carbocycles. The number of rotatable bonds is 2. The van der Waals surface area contributed by atoms with Crippen molar-refractivity contribution in [3.63, 3.8) is 0 Å². The third kappa shape index (κ3) is 3.13. The van der Waals surface area contributed by atoms with Gasteiger partial charge >= 0.3 is 0 Å². The fraction of sp³-hybridized carbons (Fsp3) is 0.312. The fourth-order valence-electron chi connectivity index (χ4n) is 2.51. The molecule has 1 atom stereocenters. The number of carbonyl (C=O) groups excluding carboxylic acids is 1. The maximum Gasteiger partial charge on any atom is 0.289 e. The van der Waals surface area contributed by atoms with Crippen molar-refractivity contribution in [3.8, 4) is 0 Å².